The van der Waals surface area contributed by atoms with Crippen molar-refractivity contribution in [2.24, 2.45) is 0 Å². The average molecular weight is 378 g/mol. The third-order valence-electron chi connectivity index (χ3n) is 4.26. The average Bonchev–Trinajstić information content (AvgIpc) is 3.24. The van der Waals surface area contributed by atoms with E-state index in [0.717, 1.165) is 21.4 Å². The van der Waals surface area contributed by atoms with Crippen molar-refractivity contribution in [2.75, 3.05) is 0 Å². The monoisotopic (exact) mass is 377 g/mol. The molecule has 0 saturated heterocycles. The van der Waals surface area contributed by atoms with Crippen LogP contribution in [0.2, 0.25) is 5.15 Å². The summed E-state index contributed by atoms with van der Waals surface area (Å²) in [7, 11) is 0. The summed E-state index contributed by atoms with van der Waals surface area (Å²) in [6, 6.07) is 18.4. The van der Waals surface area contributed by atoms with E-state index in [0.29, 0.717) is 11.6 Å². The van der Waals surface area contributed by atoms with E-state index in [2.05, 4.69) is 56.7 Å². The lowest BCUT2D eigenvalue weighted by Gasteiger charge is -2.04. The molecule has 0 aliphatic rings. The Bertz CT molecular complexity index is 1240. The lowest BCUT2D eigenvalue weighted by molar-refractivity contribution is 0.857. The van der Waals surface area contributed by atoms with Crippen LogP contribution in [0.15, 0.2) is 60.8 Å². The molecule has 0 aliphatic carbocycles. The van der Waals surface area contributed by atoms with E-state index in [9.17, 15) is 0 Å². The molecule has 0 saturated carbocycles. The van der Waals surface area contributed by atoms with Crippen molar-refractivity contribution in [3.8, 4) is 10.6 Å². The van der Waals surface area contributed by atoms with Crippen LogP contribution in [0.25, 0.3) is 26.3 Å². The Balaban J connectivity index is 1.57. The van der Waals surface area contributed by atoms with E-state index in [4.69, 9.17) is 11.6 Å². The lowest BCUT2D eigenvalue weighted by atomic mass is 10.0. The van der Waals surface area contributed by atoms with Gasteiger partial charge in [0.15, 0.2) is 5.82 Å². The number of halogens is 1. The van der Waals surface area contributed by atoms with Gasteiger partial charge in [-0.15, -0.1) is 10.2 Å². The van der Waals surface area contributed by atoms with Crippen LogP contribution in [0.1, 0.15) is 11.4 Å². The number of rotatable bonds is 3. The maximum Gasteiger partial charge on any atom is 0.234 e. The van der Waals surface area contributed by atoms with E-state index in [1.807, 2.05) is 16.6 Å². The molecule has 26 heavy (non-hydrogen) atoms. The predicted molar refractivity (Wildman–Crippen MR) is 104 cm³/mol. The van der Waals surface area contributed by atoms with Gasteiger partial charge in [0.2, 0.25) is 4.96 Å². The molecule has 3 aromatic heterocycles. The van der Waals surface area contributed by atoms with Crippen molar-refractivity contribution in [2.45, 2.75) is 6.42 Å². The number of aromatic nitrogens is 5. The first kappa shape index (κ1) is 15.4. The predicted octanol–water partition coefficient (Wildman–Crippen LogP) is 4.65. The number of hydrogen-bond acceptors (Lipinski definition) is 5. The number of hydrogen-bond donors (Lipinski definition) is 0. The molecule has 0 aliphatic heterocycles. The van der Waals surface area contributed by atoms with Crippen molar-refractivity contribution in [3.63, 3.8) is 0 Å². The fraction of sp³-hybridized carbons (Fsp3) is 0.0526. The molecule has 0 unspecified atom stereocenters. The molecule has 0 N–H and O–H groups in total. The van der Waals surface area contributed by atoms with E-state index in [1.165, 1.54) is 27.7 Å². The maximum atomic E-state index is 5.99. The highest BCUT2D eigenvalue weighted by atomic mass is 35.5. The summed E-state index contributed by atoms with van der Waals surface area (Å²) in [5.74, 6) is 0.819. The Morgan fingerprint density at radius 2 is 1.88 bits per heavy atom. The first-order valence-corrected chi connectivity index (χ1v) is 9.27. The van der Waals surface area contributed by atoms with E-state index in [-0.39, 0.29) is 0 Å². The van der Waals surface area contributed by atoms with Gasteiger partial charge in [0.25, 0.3) is 0 Å². The number of pyridine rings is 1. The molecule has 7 heteroatoms. The minimum atomic E-state index is 0.449. The van der Waals surface area contributed by atoms with Crippen LogP contribution in [0.3, 0.4) is 0 Å². The van der Waals surface area contributed by atoms with Gasteiger partial charge >= 0.3 is 0 Å². The summed E-state index contributed by atoms with van der Waals surface area (Å²) >= 11 is 7.48. The fourth-order valence-corrected chi connectivity index (χ4v) is 4.07. The van der Waals surface area contributed by atoms with Gasteiger partial charge in [-0.05, 0) is 28.5 Å². The van der Waals surface area contributed by atoms with Gasteiger partial charge < -0.3 is 0 Å². The van der Waals surface area contributed by atoms with Gasteiger partial charge in [0.1, 0.15) is 10.2 Å². The summed E-state index contributed by atoms with van der Waals surface area (Å²) in [6.07, 6.45) is 2.35. The molecule has 0 bridgehead atoms. The summed E-state index contributed by atoms with van der Waals surface area (Å²) in [6.45, 7) is 0. The van der Waals surface area contributed by atoms with Crippen LogP contribution in [0.5, 0.6) is 0 Å². The molecule has 3 heterocycles. The summed E-state index contributed by atoms with van der Waals surface area (Å²) in [5, 5.41) is 17.0. The lowest BCUT2D eigenvalue weighted by Crippen LogP contribution is -1.98. The molecule has 5 aromatic rings. The molecule has 0 spiro atoms. The molecule has 5 rings (SSSR count). The number of fused-ring (bicyclic) bond motifs is 2. The maximum absolute atomic E-state index is 5.99. The topological polar surface area (TPSA) is 56.0 Å². The fourth-order valence-electron chi connectivity index (χ4n) is 3.04. The molecule has 5 nitrogen and oxygen atoms in total. The second kappa shape index (κ2) is 6.16. The van der Waals surface area contributed by atoms with Gasteiger partial charge in [-0.3, -0.25) is 0 Å². The van der Waals surface area contributed by atoms with Crippen LogP contribution in [-0.4, -0.2) is 24.8 Å². The van der Waals surface area contributed by atoms with Crippen molar-refractivity contribution in [1.82, 2.24) is 24.8 Å². The Labute approximate surface area is 157 Å². The molecular formula is C19H12ClN5S. The highest BCUT2D eigenvalue weighted by Crippen LogP contribution is 2.27. The van der Waals surface area contributed by atoms with Gasteiger partial charge in [-0.2, -0.15) is 9.61 Å². The molecule has 2 aromatic carbocycles. The number of benzene rings is 2. The van der Waals surface area contributed by atoms with Gasteiger partial charge in [-0.25, -0.2) is 4.98 Å². The van der Waals surface area contributed by atoms with Crippen molar-refractivity contribution >= 4 is 38.7 Å². The smallest absolute Gasteiger partial charge is 0.234 e. The Morgan fingerprint density at radius 1 is 1.00 bits per heavy atom. The summed E-state index contributed by atoms with van der Waals surface area (Å²) < 4.78 is 1.82. The third-order valence-corrected chi connectivity index (χ3v) is 5.41. The minimum Gasteiger partial charge on any atom is -0.245 e. The van der Waals surface area contributed by atoms with Crippen LogP contribution in [0.4, 0.5) is 0 Å². The second-order valence-corrected chi connectivity index (χ2v) is 7.24. The van der Waals surface area contributed by atoms with Crippen molar-refractivity contribution in [3.05, 3.63) is 77.3 Å². The number of nitrogens with zero attached hydrogens (tertiary/aromatic N) is 5. The Hall–Kier alpha value is -2.83. The van der Waals surface area contributed by atoms with E-state index >= 15 is 0 Å². The highest BCUT2D eigenvalue weighted by molar-refractivity contribution is 7.19. The zero-order chi connectivity index (χ0) is 17.5. The normalized spacial score (nSPS) is 11.4. The molecule has 0 amide bonds. The van der Waals surface area contributed by atoms with Crippen LogP contribution in [0, 0.1) is 0 Å². The van der Waals surface area contributed by atoms with E-state index in [1.54, 1.807) is 12.3 Å². The van der Waals surface area contributed by atoms with Crippen LogP contribution >= 0.6 is 22.9 Å². The first-order chi connectivity index (χ1) is 12.8. The highest BCUT2D eigenvalue weighted by Gasteiger charge is 2.14. The molecule has 0 fully saturated rings. The Morgan fingerprint density at radius 3 is 2.81 bits per heavy atom. The molecule has 126 valence electrons. The van der Waals surface area contributed by atoms with Gasteiger partial charge in [-0.1, -0.05) is 65.4 Å². The summed E-state index contributed by atoms with van der Waals surface area (Å²) in [5.41, 5.74) is 2.13. The quantitative estimate of drug-likeness (QED) is 0.429. The second-order valence-electron chi connectivity index (χ2n) is 5.90. The zero-order valence-electron chi connectivity index (χ0n) is 13.5. The minimum absolute atomic E-state index is 0.449. The van der Waals surface area contributed by atoms with Crippen LogP contribution in [-0.2, 0) is 6.42 Å². The van der Waals surface area contributed by atoms with Gasteiger partial charge in [0.05, 0.1) is 0 Å². The molecule has 0 atom stereocenters. The van der Waals surface area contributed by atoms with Crippen LogP contribution < -0.4 is 0 Å². The Kier molecular flexibility index (Phi) is 3.65. The van der Waals surface area contributed by atoms with Gasteiger partial charge in [0, 0.05) is 18.2 Å². The van der Waals surface area contributed by atoms with Crippen molar-refractivity contribution < 1.29 is 0 Å². The first-order valence-electron chi connectivity index (χ1n) is 8.07. The third kappa shape index (κ3) is 2.64. The SMILES string of the molecule is Clc1cc(-c2nn3c(Cc4cccc5ccccc45)nnc3s2)ccn1. The van der Waals surface area contributed by atoms with Crippen molar-refractivity contribution in [1.29, 1.82) is 0 Å². The standard InChI is InChI=1S/C19H12ClN5S/c20-16-10-14(8-9-21-16)18-24-25-17(22-23-19(25)26-18)11-13-6-3-5-12-4-1-2-7-15(12)13/h1-10H,11H2. The largest absolute Gasteiger partial charge is 0.245 e. The molecular weight excluding hydrogens is 366 g/mol. The van der Waals surface area contributed by atoms with E-state index < -0.39 is 0 Å². The summed E-state index contributed by atoms with van der Waals surface area (Å²) in [4.78, 5) is 4.78. The zero-order valence-corrected chi connectivity index (χ0v) is 15.1. The molecule has 0 radical (unpaired) electrons.